The van der Waals surface area contributed by atoms with Crippen molar-refractivity contribution in [3.8, 4) is 5.75 Å². The Morgan fingerprint density at radius 2 is 1.48 bits per heavy atom. The van der Waals surface area contributed by atoms with Gasteiger partial charge in [0.15, 0.2) is 0 Å². The van der Waals surface area contributed by atoms with E-state index in [2.05, 4.69) is 65.3 Å². The highest BCUT2D eigenvalue weighted by Gasteiger charge is 2.20. The largest absolute Gasteiger partial charge is 0.489 e. The molecule has 1 heterocycles. The fourth-order valence-corrected chi connectivity index (χ4v) is 4.00. The predicted octanol–water partition coefficient (Wildman–Crippen LogP) is 5.07. The average Bonchev–Trinajstić information content (AvgIpc) is 2.79. The SMILES string of the molecule is Cc1ccccc1N1CCN(C(=S)c2ccc(OCc3ccccc3)cc2)CC1. The van der Waals surface area contributed by atoms with E-state index in [0.717, 1.165) is 42.5 Å². The lowest BCUT2D eigenvalue weighted by atomic mass is 10.1. The Kier molecular flexibility index (Phi) is 6.11. The highest BCUT2D eigenvalue weighted by atomic mass is 32.1. The van der Waals surface area contributed by atoms with Crippen molar-refractivity contribution in [3.05, 3.63) is 95.6 Å². The van der Waals surface area contributed by atoms with E-state index in [-0.39, 0.29) is 0 Å². The highest BCUT2D eigenvalue weighted by Crippen LogP contribution is 2.22. The fraction of sp³-hybridized carbons (Fsp3) is 0.240. The molecule has 0 N–H and O–H groups in total. The molecule has 0 spiro atoms. The van der Waals surface area contributed by atoms with Crippen LogP contribution in [0, 0.1) is 6.92 Å². The number of piperazine rings is 1. The standard InChI is InChI=1S/C25H26N2OS/c1-20-7-5-6-10-24(20)26-15-17-27(18-16-26)25(29)22-11-13-23(14-12-22)28-19-21-8-3-2-4-9-21/h2-14H,15-19H2,1H3. The summed E-state index contributed by atoms with van der Waals surface area (Å²) in [4.78, 5) is 5.68. The molecule has 1 saturated heterocycles. The molecule has 0 atom stereocenters. The number of benzene rings is 3. The maximum absolute atomic E-state index is 5.88. The van der Waals surface area contributed by atoms with Gasteiger partial charge in [0, 0.05) is 37.4 Å². The van der Waals surface area contributed by atoms with Gasteiger partial charge in [-0.05, 0) is 48.4 Å². The summed E-state index contributed by atoms with van der Waals surface area (Å²) in [6.45, 7) is 6.62. The molecule has 3 nitrogen and oxygen atoms in total. The molecule has 1 aliphatic heterocycles. The number of hydrogen-bond acceptors (Lipinski definition) is 3. The number of aryl methyl sites for hydroxylation is 1. The van der Waals surface area contributed by atoms with E-state index < -0.39 is 0 Å². The monoisotopic (exact) mass is 402 g/mol. The van der Waals surface area contributed by atoms with Crippen LogP contribution in [0.25, 0.3) is 0 Å². The van der Waals surface area contributed by atoms with Crippen LogP contribution in [0.15, 0.2) is 78.9 Å². The van der Waals surface area contributed by atoms with Gasteiger partial charge in [-0.1, -0.05) is 60.7 Å². The van der Waals surface area contributed by atoms with Gasteiger partial charge >= 0.3 is 0 Å². The van der Waals surface area contributed by atoms with Crippen LogP contribution >= 0.6 is 12.2 Å². The van der Waals surface area contributed by atoms with Gasteiger partial charge in [0.1, 0.15) is 17.3 Å². The molecule has 0 saturated carbocycles. The Morgan fingerprint density at radius 1 is 0.828 bits per heavy atom. The van der Waals surface area contributed by atoms with Gasteiger partial charge in [0.05, 0.1) is 0 Å². The second-order valence-electron chi connectivity index (χ2n) is 7.36. The van der Waals surface area contributed by atoms with E-state index in [1.807, 2.05) is 30.3 Å². The summed E-state index contributed by atoms with van der Waals surface area (Å²) < 4.78 is 5.88. The number of thiocarbonyl (C=S) groups is 1. The Hall–Kier alpha value is -2.85. The van der Waals surface area contributed by atoms with E-state index in [1.54, 1.807) is 0 Å². The third-order valence-electron chi connectivity index (χ3n) is 5.37. The zero-order chi connectivity index (χ0) is 20.1. The molecule has 29 heavy (non-hydrogen) atoms. The quantitative estimate of drug-likeness (QED) is 0.553. The van der Waals surface area contributed by atoms with Crippen molar-refractivity contribution in [1.29, 1.82) is 0 Å². The molecule has 148 valence electrons. The van der Waals surface area contributed by atoms with Crippen molar-refractivity contribution in [2.75, 3.05) is 31.1 Å². The van der Waals surface area contributed by atoms with Gasteiger partial charge < -0.3 is 14.5 Å². The van der Waals surface area contributed by atoms with Gasteiger partial charge in [-0.25, -0.2) is 0 Å². The normalized spacial score (nSPS) is 14.0. The number of hydrogen-bond donors (Lipinski definition) is 0. The second-order valence-corrected chi connectivity index (χ2v) is 7.75. The van der Waals surface area contributed by atoms with Crippen LogP contribution in [0.4, 0.5) is 5.69 Å². The predicted molar refractivity (Wildman–Crippen MR) is 124 cm³/mol. The molecule has 0 bridgehead atoms. The lowest BCUT2D eigenvalue weighted by Gasteiger charge is -2.38. The van der Waals surface area contributed by atoms with Crippen molar-refractivity contribution in [1.82, 2.24) is 4.90 Å². The van der Waals surface area contributed by atoms with Crippen molar-refractivity contribution < 1.29 is 4.74 Å². The van der Waals surface area contributed by atoms with Crippen molar-refractivity contribution in [2.24, 2.45) is 0 Å². The number of para-hydroxylation sites is 1. The summed E-state index contributed by atoms with van der Waals surface area (Å²) in [5.74, 6) is 0.866. The fourth-order valence-electron chi connectivity index (χ4n) is 3.69. The molecular weight excluding hydrogens is 376 g/mol. The van der Waals surface area contributed by atoms with Crippen LogP contribution in [-0.4, -0.2) is 36.1 Å². The third kappa shape index (κ3) is 4.77. The van der Waals surface area contributed by atoms with E-state index in [9.17, 15) is 0 Å². The van der Waals surface area contributed by atoms with E-state index in [4.69, 9.17) is 17.0 Å². The molecule has 0 unspecified atom stereocenters. The average molecular weight is 403 g/mol. The molecule has 4 rings (SSSR count). The smallest absolute Gasteiger partial charge is 0.119 e. The van der Waals surface area contributed by atoms with Gasteiger partial charge in [-0.3, -0.25) is 0 Å². The van der Waals surface area contributed by atoms with Crippen LogP contribution in [0.5, 0.6) is 5.75 Å². The van der Waals surface area contributed by atoms with E-state index in [0.29, 0.717) is 6.61 Å². The first-order valence-corrected chi connectivity index (χ1v) is 10.5. The Labute approximate surface area is 178 Å². The van der Waals surface area contributed by atoms with Gasteiger partial charge in [0.25, 0.3) is 0 Å². The number of rotatable bonds is 5. The second kappa shape index (κ2) is 9.10. The molecule has 0 amide bonds. The Morgan fingerprint density at radius 3 is 2.17 bits per heavy atom. The van der Waals surface area contributed by atoms with E-state index in [1.165, 1.54) is 16.8 Å². The molecular formula is C25H26N2OS. The molecule has 4 heteroatoms. The molecule has 3 aromatic rings. The van der Waals surface area contributed by atoms with Gasteiger partial charge in [-0.2, -0.15) is 0 Å². The van der Waals surface area contributed by atoms with Crippen LogP contribution in [-0.2, 0) is 6.61 Å². The first-order valence-electron chi connectivity index (χ1n) is 10.1. The molecule has 0 radical (unpaired) electrons. The minimum absolute atomic E-state index is 0.575. The van der Waals surface area contributed by atoms with E-state index >= 15 is 0 Å². The summed E-state index contributed by atoms with van der Waals surface area (Å²) in [6, 6.07) is 26.9. The number of anilines is 1. The molecule has 1 aliphatic rings. The van der Waals surface area contributed by atoms with Crippen molar-refractivity contribution in [2.45, 2.75) is 13.5 Å². The van der Waals surface area contributed by atoms with Crippen molar-refractivity contribution in [3.63, 3.8) is 0 Å². The summed E-state index contributed by atoms with van der Waals surface area (Å²) in [6.07, 6.45) is 0. The summed E-state index contributed by atoms with van der Waals surface area (Å²) >= 11 is 5.77. The third-order valence-corrected chi connectivity index (χ3v) is 5.87. The van der Waals surface area contributed by atoms with Crippen LogP contribution < -0.4 is 9.64 Å². The topological polar surface area (TPSA) is 15.7 Å². The first kappa shape index (κ1) is 19.5. The number of nitrogens with zero attached hydrogens (tertiary/aromatic N) is 2. The van der Waals surface area contributed by atoms with Gasteiger partial charge in [0.2, 0.25) is 0 Å². The molecule has 0 aromatic heterocycles. The Bertz CT molecular complexity index is 948. The number of ether oxygens (including phenoxy) is 1. The van der Waals surface area contributed by atoms with Crippen LogP contribution in [0.2, 0.25) is 0 Å². The molecule has 0 aliphatic carbocycles. The summed E-state index contributed by atoms with van der Waals surface area (Å²) in [7, 11) is 0. The zero-order valence-electron chi connectivity index (χ0n) is 16.8. The van der Waals surface area contributed by atoms with Crippen molar-refractivity contribution >= 4 is 22.9 Å². The maximum atomic E-state index is 5.88. The van der Waals surface area contributed by atoms with Gasteiger partial charge in [-0.15, -0.1) is 0 Å². The first-order chi connectivity index (χ1) is 14.2. The molecule has 1 fully saturated rings. The minimum atomic E-state index is 0.575. The lowest BCUT2D eigenvalue weighted by Crippen LogP contribution is -2.48. The van der Waals surface area contributed by atoms with Crippen LogP contribution in [0.1, 0.15) is 16.7 Å². The summed E-state index contributed by atoms with van der Waals surface area (Å²) in [5.41, 5.74) is 4.91. The lowest BCUT2D eigenvalue weighted by molar-refractivity contribution is 0.306. The molecule has 3 aromatic carbocycles. The highest BCUT2D eigenvalue weighted by molar-refractivity contribution is 7.80. The van der Waals surface area contributed by atoms with Crippen LogP contribution in [0.3, 0.4) is 0 Å². The summed E-state index contributed by atoms with van der Waals surface area (Å²) in [5, 5.41) is 0. The Balaban J connectivity index is 1.32. The minimum Gasteiger partial charge on any atom is -0.489 e. The zero-order valence-corrected chi connectivity index (χ0v) is 17.6. The maximum Gasteiger partial charge on any atom is 0.119 e.